The van der Waals surface area contributed by atoms with Gasteiger partial charge >= 0.3 is 0 Å². The minimum atomic E-state index is 0.105. The second kappa shape index (κ2) is 8.10. The van der Waals surface area contributed by atoms with E-state index in [0.717, 1.165) is 51.8 Å². The van der Waals surface area contributed by atoms with Crippen LogP contribution >= 0.6 is 11.3 Å². The lowest BCUT2D eigenvalue weighted by Crippen LogP contribution is -2.39. The van der Waals surface area contributed by atoms with Crippen LogP contribution < -0.4 is 4.74 Å². The molecule has 28 heavy (non-hydrogen) atoms. The summed E-state index contributed by atoms with van der Waals surface area (Å²) in [5.41, 5.74) is 2.90. The third-order valence-corrected chi connectivity index (χ3v) is 6.24. The molecule has 0 aliphatic carbocycles. The number of amides is 1. The maximum Gasteiger partial charge on any atom is 0.253 e. The lowest BCUT2D eigenvalue weighted by molar-refractivity contribution is 0.0706. The zero-order valence-electron chi connectivity index (χ0n) is 16.1. The Kier molecular flexibility index (Phi) is 5.39. The van der Waals surface area contributed by atoms with E-state index in [1.165, 1.54) is 0 Å². The van der Waals surface area contributed by atoms with Crippen molar-refractivity contribution in [2.45, 2.75) is 25.7 Å². The molecule has 0 saturated carbocycles. The van der Waals surface area contributed by atoms with Gasteiger partial charge in [-0.25, -0.2) is 0 Å². The molecular weight excluding hydrogens is 370 g/mol. The quantitative estimate of drug-likeness (QED) is 0.653. The molecule has 0 bridgehead atoms. The molecule has 4 rings (SSSR count). The monoisotopic (exact) mass is 393 g/mol. The van der Waals surface area contributed by atoms with Crippen molar-refractivity contribution in [2.24, 2.45) is 0 Å². The van der Waals surface area contributed by atoms with Crippen molar-refractivity contribution < 1.29 is 9.53 Å². The lowest BCUT2D eigenvalue weighted by Gasteiger charge is -2.31. The fourth-order valence-corrected chi connectivity index (χ4v) is 4.55. The molecule has 5 nitrogen and oxygen atoms in total. The normalized spacial score (nSPS) is 16.8. The number of hydrogen-bond acceptors (Lipinski definition) is 5. The van der Waals surface area contributed by atoms with Gasteiger partial charge in [0.05, 0.1) is 7.11 Å². The van der Waals surface area contributed by atoms with E-state index in [2.05, 4.69) is 10.2 Å². The number of carbonyl (C=O) groups is 1. The van der Waals surface area contributed by atoms with Crippen molar-refractivity contribution in [3.63, 3.8) is 0 Å². The number of rotatable bonds is 4. The van der Waals surface area contributed by atoms with Crippen LogP contribution in [0.25, 0.3) is 10.6 Å². The van der Waals surface area contributed by atoms with E-state index >= 15 is 0 Å². The highest BCUT2D eigenvalue weighted by Crippen LogP contribution is 2.33. The Hall–Kier alpha value is -2.73. The van der Waals surface area contributed by atoms with Gasteiger partial charge in [-0.1, -0.05) is 29.0 Å². The third-order valence-electron chi connectivity index (χ3n) is 5.10. The van der Waals surface area contributed by atoms with Gasteiger partial charge in [-0.3, -0.25) is 4.79 Å². The Bertz CT molecular complexity index is 968. The summed E-state index contributed by atoms with van der Waals surface area (Å²) in [4.78, 5) is 14.9. The molecule has 2 heterocycles. The molecule has 1 atom stereocenters. The summed E-state index contributed by atoms with van der Waals surface area (Å²) in [6.45, 7) is 3.51. The van der Waals surface area contributed by atoms with Gasteiger partial charge in [0, 0.05) is 30.1 Å². The number of piperidine rings is 1. The van der Waals surface area contributed by atoms with Crippen LogP contribution in [0.5, 0.6) is 5.75 Å². The summed E-state index contributed by atoms with van der Waals surface area (Å²) in [6.07, 6.45) is 2.02. The van der Waals surface area contributed by atoms with E-state index in [-0.39, 0.29) is 11.8 Å². The summed E-state index contributed by atoms with van der Waals surface area (Å²) in [5, 5.41) is 10.7. The maximum absolute atomic E-state index is 12.9. The van der Waals surface area contributed by atoms with Gasteiger partial charge in [-0.15, -0.1) is 10.2 Å². The van der Waals surface area contributed by atoms with Crippen LogP contribution in [0.3, 0.4) is 0 Å². The second-order valence-electron chi connectivity index (χ2n) is 7.13. The first-order valence-corrected chi connectivity index (χ1v) is 10.3. The van der Waals surface area contributed by atoms with E-state index in [1.807, 2.05) is 60.4 Å². The van der Waals surface area contributed by atoms with Crippen LogP contribution in [0.15, 0.2) is 48.5 Å². The molecule has 1 aromatic heterocycles. The van der Waals surface area contributed by atoms with Gasteiger partial charge in [0.2, 0.25) is 0 Å². The molecule has 144 valence electrons. The van der Waals surface area contributed by atoms with Crippen LogP contribution in [0.2, 0.25) is 0 Å². The van der Waals surface area contributed by atoms with Gasteiger partial charge in [-0.2, -0.15) is 0 Å². The summed E-state index contributed by atoms with van der Waals surface area (Å²) in [7, 11) is 1.66. The lowest BCUT2D eigenvalue weighted by atomic mass is 9.98. The van der Waals surface area contributed by atoms with Gasteiger partial charge in [0.25, 0.3) is 5.91 Å². The SMILES string of the molecule is COc1ccc(-c2nnc(C3CCCN(C(=O)c4cccc(C)c4)C3)s2)cc1. The molecule has 2 aromatic carbocycles. The number of nitrogens with zero attached hydrogens (tertiary/aromatic N) is 3. The highest BCUT2D eigenvalue weighted by Gasteiger charge is 2.28. The molecule has 1 aliphatic heterocycles. The first kappa shape index (κ1) is 18.6. The zero-order chi connectivity index (χ0) is 19.5. The molecule has 6 heteroatoms. The fourth-order valence-electron chi connectivity index (χ4n) is 3.57. The van der Waals surface area contributed by atoms with Crippen molar-refractivity contribution in [3.05, 3.63) is 64.7 Å². The molecule has 1 aliphatic rings. The Balaban J connectivity index is 1.49. The topological polar surface area (TPSA) is 55.3 Å². The minimum Gasteiger partial charge on any atom is -0.497 e. The third kappa shape index (κ3) is 3.92. The molecule has 0 spiro atoms. The van der Waals surface area contributed by atoms with E-state index < -0.39 is 0 Å². The Morgan fingerprint density at radius 3 is 2.75 bits per heavy atom. The van der Waals surface area contributed by atoms with Crippen molar-refractivity contribution >= 4 is 17.2 Å². The van der Waals surface area contributed by atoms with Crippen LogP contribution in [-0.2, 0) is 0 Å². The molecule has 1 saturated heterocycles. The molecule has 1 amide bonds. The number of likely N-dealkylation sites (tertiary alicyclic amines) is 1. The molecule has 3 aromatic rings. The highest BCUT2D eigenvalue weighted by atomic mass is 32.1. The number of hydrogen-bond donors (Lipinski definition) is 0. The molecular formula is C22H23N3O2S. The van der Waals surface area contributed by atoms with Crippen molar-refractivity contribution in [2.75, 3.05) is 20.2 Å². The van der Waals surface area contributed by atoms with E-state index in [4.69, 9.17) is 4.74 Å². The first-order valence-electron chi connectivity index (χ1n) is 9.48. The van der Waals surface area contributed by atoms with Crippen molar-refractivity contribution in [1.82, 2.24) is 15.1 Å². The van der Waals surface area contributed by atoms with Crippen LogP contribution in [0.1, 0.15) is 39.7 Å². The van der Waals surface area contributed by atoms with Gasteiger partial charge in [0.15, 0.2) is 0 Å². The van der Waals surface area contributed by atoms with Gasteiger partial charge < -0.3 is 9.64 Å². The predicted molar refractivity (Wildman–Crippen MR) is 111 cm³/mol. The average molecular weight is 394 g/mol. The number of carbonyl (C=O) groups excluding carboxylic acids is 1. The Morgan fingerprint density at radius 2 is 2.00 bits per heavy atom. The number of ether oxygens (including phenoxy) is 1. The molecule has 0 N–H and O–H groups in total. The minimum absolute atomic E-state index is 0.105. The summed E-state index contributed by atoms with van der Waals surface area (Å²) in [5.74, 6) is 1.17. The summed E-state index contributed by atoms with van der Waals surface area (Å²) < 4.78 is 5.21. The number of benzene rings is 2. The fraction of sp³-hybridized carbons (Fsp3) is 0.318. The van der Waals surface area contributed by atoms with Crippen LogP contribution in [-0.4, -0.2) is 41.2 Å². The van der Waals surface area contributed by atoms with Crippen molar-refractivity contribution in [3.8, 4) is 16.3 Å². The average Bonchev–Trinajstić information content (AvgIpc) is 3.24. The Labute approximate surface area is 169 Å². The summed E-state index contributed by atoms with van der Waals surface area (Å²) >= 11 is 1.62. The molecule has 1 fully saturated rings. The van der Waals surface area contributed by atoms with Gasteiger partial charge in [0.1, 0.15) is 15.8 Å². The number of aryl methyl sites for hydroxylation is 1. The second-order valence-corrected chi connectivity index (χ2v) is 8.14. The van der Waals surface area contributed by atoms with Crippen LogP contribution in [0.4, 0.5) is 0 Å². The van der Waals surface area contributed by atoms with E-state index in [9.17, 15) is 4.79 Å². The number of methoxy groups -OCH3 is 1. The van der Waals surface area contributed by atoms with Gasteiger partial charge in [-0.05, 0) is 56.2 Å². The molecule has 1 unspecified atom stereocenters. The largest absolute Gasteiger partial charge is 0.497 e. The maximum atomic E-state index is 12.9. The zero-order valence-corrected chi connectivity index (χ0v) is 16.9. The van der Waals surface area contributed by atoms with E-state index in [0.29, 0.717) is 6.54 Å². The Morgan fingerprint density at radius 1 is 1.18 bits per heavy atom. The highest BCUT2D eigenvalue weighted by molar-refractivity contribution is 7.14. The molecule has 0 radical (unpaired) electrons. The smallest absolute Gasteiger partial charge is 0.253 e. The first-order chi connectivity index (χ1) is 13.6. The number of aromatic nitrogens is 2. The summed E-state index contributed by atoms with van der Waals surface area (Å²) in [6, 6.07) is 15.7. The van der Waals surface area contributed by atoms with E-state index in [1.54, 1.807) is 18.4 Å². The predicted octanol–water partition coefficient (Wildman–Crippen LogP) is 4.54. The van der Waals surface area contributed by atoms with Crippen LogP contribution in [0, 0.1) is 6.92 Å². The van der Waals surface area contributed by atoms with Crippen molar-refractivity contribution in [1.29, 1.82) is 0 Å². The standard InChI is InChI=1S/C22H23N3O2S/c1-15-5-3-6-17(13-15)22(26)25-12-4-7-18(14-25)21-24-23-20(28-21)16-8-10-19(27-2)11-9-16/h3,5-6,8-11,13,18H,4,7,12,14H2,1-2H3.